The lowest BCUT2D eigenvalue weighted by Crippen LogP contribution is -2.07. The summed E-state index contributed by atoms with van der Waals surface area (Å²) in [6, 6.07) is 0. The Bertz CT molecular complexity index is 534. The minimum absolute atomic E-state index is 0.187. The van der Waals surface area contributed by atoms with E-state index in [1.165, 1.54) is 0 Å². The summed E-state index contributed by atoms with van der Waals surface area (Å²) < 4.78 is 0.235. The summed E-state index contributed by atoms with van der Waals surface area (Å²) in [4.78, 5) is 22.6. The zero-order chi connectivity index (χ0) is 8.72. The number of fused-ring (bicyclic) bond motifs is 1. The second-order valence-corrected chi connectivity index (χ2v) is 2.66. The van der Waals surface area contributed by atoms with Crippen molar-refractivity contribution in [3.8, 4) is 0 Å². The van der Waals surface area contributed by atoms with E-state index in [0.29, 0.717) is 11.2 Å². The monoisotopic (exact) mass is 183 g/mol. The zero-order valence-electron chi connectivity index (χ0n) is 5.84. The fourth-order valence-electron chi connectivity index (χ4n) is 0.951. The van der Waals surface area contributed by atoms with Gasteiger partial charge in [-0.15, -0.1) is 0 Å². The molecule has 0 aliphatic carbocycles. The molecule has 6 nitrogen and oxygen atoms in total. The van der Waals surface area contributed by atoms with E-state index in [-0.39, 0.29) is 16.3 Å². The molecule has 0 saturated carbocycles. The van der Waals surface area contributed by atoms with Crippen LogP contribution in [-0.2, 0) is 0 Å². The molecule has 0 spiro atoms. The quantitative estimate of drug-likeness (QED) is 0.428. The SMILES string of the molecule is Nc1nc2[nH]c(=S)[nH]c(=O)c2[nH]1. The number of nitrogens with zero attached hydrogens (tertiary/aromatic N) is 1. The van der Waals surface area contributed by atoms with Crippen LogP contribution in [-0.4, -0.2) is 19.9 Å². The van der Waals surface area contributed by atoms with E-state index in [2.05, 4.69) is 19.9 Å². The Morgan fingerprint density at radius 3 is 2.83 bits per heavy atom. The first-order valence-corrected chi connectivity index (χ1v) is 3.55. The Hall–Kier alpha value is -1.63. The number of H-pyrrole nitrogens is 3. The predicted molar refractivity (Wildman–Crippen MR) is 46.3 cm³/mol. The van der Waals surface area contributed by atoms with Crippen LogP contribution in [0.25, 0.3) is 11.2 Å². The molecule has 0 aliphatic heterocycles. The molecule has 0 fully saturated rings. The summed E-state index contributed by atoms with van der Waals surface area (Å²) in [7, 11) is 0. The summed E-state index contributed by atoms with van der Waals surface area (Å²) in [6.07, 6.45) is 0. The van der Waals surface area contributed by atoms with Crippen LogP contribution in [0.15, 0.2) is 4.79 Å². The maximum atomic E-state index is 11.1. The molecule has 0 atom stereocenters. The van der Waals surface area contributed by atoms with Crippen molar-refractivity contribution in [2.75, 3.05) is 5.73 Å². The van der Waals surface area contributed by atoms with Gasteiger partial charge in [-0.05, 0) is 12.2 Å². The summed E-state index contributed by atoms with van der Waals surface area (Å²) >= 11 is 4.73. The Labute approximate surface area is 70.8 Å². The lowest BCUT2D eigenvalue weighted by Gasteiger charge is -1.85. The molecule has 2 aromatic rings. The molecule has 5 N–H and O–H groups in total. The third-order valence-corrected chi connectivity index (χ3v) is 1.61. The summed E-state index contributed by atoms with van der Waals surface area (Å²) in [5, 5.41) is 0. The number of hydrogen-bond acceptors (Lipinski definition) is 4. The third-order valence-electron chi connectivity index (χ3n) is 1.41. The molecule has 2 aromatic heterocycles. The van der Waals surface area contributed by atoms with Crippen LogP contribution in [0, 0.1) is 4.77 Å². The van der Waals surface area contributed by atoms with Gasteiger partial charge in [-0.25, -0.2) is 0 Å². The number of rotatable bonds is 0. The van der Waals surface area contributed by atoms with Crippen LogP contribution >= 0.6 is 12.2 Å². The lowest BCUT2D eigenvalue weighted by atomic mass is 10.6. The van der Waals surface area contributed by atoms with Crippen molar-refractivity contribution in [3.05, 3.63) is 15.1 Å². The highest BCUT2D eigenvalue weighted by Crippen LogP contribution is 2.02. The van der Waals surface area contributed by atoms with Crippen molar-refractivity contribution in [3.63, 3.8) is 0 Å². The fourth-order valence-corrected chi connectivity index (χ4v) is 1.14. The van der Waals surface area contributed by atoms with Crippen molar-refractivity contribution in [2.45, 2.75) is 0 Å². The van der Waals surface area contributed by atoms with Crippen LogP contribution in [0.4, 0.5) is 5.95 Å². The molecular weight excluding hydrogens is 178 g/mol. The molecule has 7 heteroatoms. The average Bonchev–Trinajstić information content (AvgIpc) is 2.29. The highest BCUT2D eigenvalue weighted by atomic mass is 32.1. The van der Waals surface area contributed by atoms with Crippen molar-refractivity contribution in [1.29, 1.82) is 0 Å². The van der Waals surface area contributed by atoms with Gasteiger partial charge in [0.25, 0.3) is 5.56 Å². The minimum atomic E-state index is -0.321. The van der Waals surface area contributed by atoms with Gasteiger partial charge in [0.05, 0.1) is 0 Å². The van der Waals surface area contributed by atoms with Gasteiger partial charge in [-0.3, -0.25) is 9.78 Å². The molecule has 2 heterocycles. The maximum Gasteiger partial charge on any atom is 0.277 e. The Morgan fingerprint density at radius 1 is 1.33 bits per heavy atom. The minimum Gasteiger partial charge on any atom is -0.369 e. The molecule has 0 saturated heterocycles. The molecule has 0 aliphatic rings. The van der Waals surface area contributed by atoms with E-state index < -0.39 is 0 Å². The number of nitrogen functional groups attached to an aromatic ring is 1. The van der Waals surface area contributed by atoms with Gasteiger partial charge in [0.2, 0.25) is 0 Å². The predicted octanol–water partition coefficient (Wildman–Crippen LogP) is -0.109. The second-order valence-electron chi connectivity index (χ2n) is 2.25. The highest BCUT2D eigenvalue weighted by molar-refractivity contribution is 7.71. The number of hydrogen-bond donors (Lipinski definition) is 4. The van der Waals surface area contributed by atoms with Crippen LogP contribution in [0.1, 0.15) is 0 Å². The standard InChI is InChI=1S/C5H5N5OS/c6-4-7-1-2(8-4)9-5(12)10-3(1)11/h(H5,6,7,8,9,10,11,12). The van der Waals surface area contributed by atoms with Crippen molar-refractivity contribution in [2.24, 2.45) is 0 Å². The first kappa shape index (κ1) is 7.04. The van der Waals surface area contributed by atoms with E-state index in [1.54, 1.807) is 0 Å². The third kappa shape index (κ3) is 0.909. The second kappa shape index (κ2) is 2.18. The number of aromatic amines is 3. The number of nitrogens with two attached hydrogens (primary N) is 1. The Kier molecular flexibility index (Phi) is 1.28. The number of anilines is 1. The molecule has 2 rings (SSSR count). The van der Waals surface area contributed by atoms with E-state index >= 15 is 0 Å². The number of imidazole rings is 1. The van der Waals surface area contributed by atoms with Gasteiger partial charge < -0.3 is 15.7 Å². The van der Waals surface area contributed by atoms with Crippen LogP contribution in [0.2, 0.25) is 0 Å². The smallest absolute Gasteiger partial charge is 0.277 e. The maximum absolute atomic E-state index is 11.1. The van der Waals surface area contributed by atoms with Crippen molar-refractivity contribution in [1.82, 2.24) is 19.9 Å². The summed E-state index contributed by atoms with van der Waals surface area (Å²) in [5.41, 5.74) is 5.70. The highest BCUT2D eigenvalue weighted by Gasteiger charge is 2.02. The Balaban J connectivity index is 3.08. The first-order chi connectivity index (χ1) is 5.66. The van der Waals surface area contributed by atoms with Gasteiger partial charge in [-0.2, -0.15) is 4.98 Å². The fraction of sp³-hybridized carbons (Fsp3) is 0. The lowest BCUT2D eigenvalue weighted by molar-refractivity contribution is 1.12. The van der Waals surface area contributed by atoms with Crippen LogP contribution < -0.4 is 11.3 Å². The van der Waals surface area contributed by atoms with Gasteiger partial charge in [-0.1, -0.05) is 0 Å². The van der Waals surface area contributed by atoms with Gasteiger partial charge >= 0.3 is 0 Å². The molecule has 0 amide bonds. The summed E-state index contributed by atoms with van der Waals surface area (Å²) in [6.45, 7) is 0. The van der Waals surface area contributed by atoms with E-state index in [1.807, 2.05) is 0 Å². The van der Waals surface area contributed by atoms with E-state index in [9.17, 15) is 4.79 Å². The normalized spacial score (nSPS) is 10.7. The van der Waals surface area contributed by atoms with E-state index in [4.69, 9.17) is 18.0 Å². The molecular formula is C5H5N5OS. The topological polar surface area (TPSA) is 103 Å². The molecule has 0 aromatic carbocycles. The number of nitrogens with one attached hydrogen (secondary N) is 3. The van der Waals surface area contributed by atoms with Crippen molar-refractivity contribution < 1.29 is 0 Å². The van der Waals surface area contributed by atoms with E-state index in [0.717, 1.165) is 0 Å². The van der Waals surface area contributed by atoms with Gasteiger partial charge in [0.1, 0.15) is 0 Å². The van der Waals surface area contributed by atoms with Crippen LogP contribution in [0.5, 0.6) is 0 Å². The molecule has 62 valence electrons. The molecule has 12 heavy (non-hydrogen) atoms. The average molecular weight is 183 g/mol. The Morgan fingerprint density at radius 2 is 2.08 bits per heavy atom. The van der Waals surface area contributed by atoms with Crippen molar-refractivity contribution >= 4 is 29.3 Å². The first-order valence-electron chi connectivity index (χ1n) is 3.14. The van der Waals surface area contributed by atoms with Gasteiger partial charge in [0.15, 0.2) is 21.9 Å². The van der Waals surface area contributed by atoms with Crippen LogP contribution in [0.3, 0.4) is 0 Å². The molecule has 0 unspecified atom stereocenters. The van der Waals surface area contributed by atoms with Gasteiger partial charge in [0, 0.05) is 0 Å². The zero-order valence-corrected chi connectivity index (χ0v) is 6.66. The summed E-state index contributed by atoms with van der Waals surface area (Å²) in [5.74, 6) is 0.187. The molecule has 0 bridgehead atoms. The largest absolute Gasteiger partial charge is 0.369 e. The number of aromatic nitrogens is 4. The molecule has 0 radical (unpaired) electrons.